The summed E-state index contributed by atoms with van der Waals surface area (Å²) in [6, 6.07) is -1.19. The Labute approximate surface area is 97.9 Å². The third-order valence-corrected chi connectivity index (χ3v) is 3.30. The van der Waals surface area contributed by atoms with Gasteiger partial charge in [0.1, 0.15) is 12.1 Å². The maximum absolute atomic E-state index is 11.9. The summed E-state index contributed by atoms with van der Waals surface area (Å²) in [5.41, 5.74) is 5.19. The minimum Gasteiger partial charge on any atom is -0.368 e. The van der Waals surface area contributed by atoms with Crippen LogP contribution in [0.5, 0.6) is 0 Å². The van der Waals surface area contributed by atoms with Crippen molar-refractivity contribution in [3.63, 3.8) is 0 Å². The molecule has 0 aromatic rings. The van der Waals surface area contributed by atoms with Crippen LogP contribution in [-0.4, -0.2) is 46.3 Å². The van der Waals surface area contributed by atoms with Crippen LogP contribution in [-0.2, 0) is 14.4 Å². The second-order valence-corrected chi connectivity index (χ2v) is 4.65. The highest BCUT2D eigenvalue weighted by Gasteiger charge is 2.35. The molecule has 1 aliphatic heterocycles. The van der Waals surface area contributed by atoms with Crippen LogP contribution in [0.25, 0.3) is 0 Å². The van der Waals surface area contributed by atoms with Gasteiger partial charge in [-0.15, -0.1) is 11.8 Å². The number of nitrogens with zero attached hydrogens (tertiary/aromatic N) is 1. The fourth-order valence-electron chi connectivity index (χ4n) is 1.51. The van der Waals surface area contributed by atoms with E-state index in [2.05, 4.69) is 5.32 Å². The van der Waals surface area contributed by atoms with Crippen molar-refractivity contribution < 1.29 is 14.4 Å². The molecule has 90 valence electrons. The molecule has 0 spiro atoms. The van der Waals surface area contributed by atoms with Crippen LogP contribution in [0.3, 0.4) is 0 Å². The number of amides is 3. The van der Waals surface area contributed by atoms with Gasteiger partial charge >= 0.3 is 0 Å². The van der Waals surface area contributed by atoms with E-state index in [0.717, 1.165) is 0 Å². The van der Waals surface area contributed by atoms with E-state index in [-0.39, 0.29) is 11.8 Å². The van der Waals surface area contributed by atoms with Crippen molar-refractivity contribution in [3.05, 3.63) is 0 Å². The zero-order valence-corrected chi connectivity index (χ0v) is 10.0. The molecule has 1 fully saturated rings. The van der Waals surface area contributed by atoms with Crippen LogP contribution in [0.2, 0.25) is 0 Å². The average molecular weight is 245 g/mol. The van der Waals surface area contributed by atoms with Crippen LogP contribution in [0.4, 0.5) is 0 Å². The van der Waals surface area contributed by atoms with Gasteiger partial charge in [-0.2, -0.15) is 0 Å². The van der Waals surface area contributed by atoms with Crippen LogP contribution in [0, 0.1) is 0 Å². The Kier molecular flexibility index (Phi) is 4.17. The molecule has 0 bridgehead atoms. The fourth-order valence-corrected chi connectivity index (χ4v) is 2.69. The molecule has 0 radical (unpaired) electrons. The summed E-state index contributed by atoms with van der Waals surface area (Å²) in [6.07, 6.45) is 0. The van der Waals surface area contributed by atoms with Gasteiger partial charge in [0.25, 0.3) is 0 Å². The Balaban J connectivity index is 2.65. The van der Waals surface area contributed by atoms with Crippen molar-refractivity contribution in [2.24, 2.45) is 5.73 Å². The Morgan fingerprint density at radius 1 is 1.50 bits per heavy atom. The molecule has 0 aliphatic carbocycles. The minimum absolute atomic E-state index is 0.274. The number of nitrogens with two attached hydrogens (primary N) is 1. The number of carbonyl (C=O) groups is 3. The summed E-state index contributed by atoms with van der Waals surface area (Å²) in [7, 11) is 0. The zero-order valence-electron chi connectivity index (χ0n) is 9.23. The first-order valence-corrected chi connectivity index (χ1v) is 6.03. The third kappa shape index (κ3) is 2.88. The molecule has 0 aromatic carbocycles. The zero-order chi connectivity index (χ0) is 12.3. The summed E-state index contributed by atoms with van der Waals surface area (Å²) < 4.78 is 0. The van der Waals surface area contributed by atoms with Crippen molar-refractivity contribution in [1.29, 1.82) is 0 Å². The maximum atomic E-state index is 11.9. The van der Waals surface area contributed by atoms with Crippen molar-refractivity contribution in [3.8, 4) is 0 Å². The van der Waals surface area contributed by atoms with Gasteiger partial charge in [0, 0.05) is 12.7 Å². The monoisotopic (exact) mass is 245 g/mol. The van der Waals surface area contributed by atoms with E-state index in [1.807, 2.05) is 0 Å². The van der Waals surface area contributed by atoms with Crippen molar-refractivity contribution in [2.75, 3.05) is 11.6 Å². The van der Waals surface area contributed by atoms with Crippen molar-refractivity contribution >= 4 is 29.5 Å². The van der Waals surface area contributed by atoms with Crippen LogP contribution in [0.1, 0.15) is 13.8 Å². The molecule has 16 heavy (non-hydrogen) atoms. The standard InChI is InChI=1S/C9H15N3O3S/c1-5(11-6(2)13)9(15)12-4-16-3-7(12)8(10)14/h5,7H,3-4H2,1-2H3,(H2,10,14)(H,11,13)/t5-,7+/m0/s1. The molecule has 6 nitrogen and oxygen atoms in total. The number of primary amides is 1. The molecule has 3 amide bonds. The van der Waals surface area contributed by atoms with Gasteiger partial charge in [-0.05, 0) is 6.92 Å². The van der Waals surface area contributed by atoms with E-state index < -0.39 is 18.0 Å². The average Bonchev–Trinajstić information content (AvgIpc) is 2.63. The first-order chi connectivity index (χ1) is 7.43. The third-order valence-electron chi connectivity index (χ3n) is 2.28. The topological polar surface area (TPSA) is 92.5 Å². The largest absolute Gasteiger partial charge is 0.368 e. The first-order valence-electron chi connectivity index (χ1n) is 4.88. The lowest BCUT2D eigenvalue weighted by Gasteiger charge is -2.24. The highest BCUT2D eigenvalue weighted by atomic mass is 32.2. The van der Waals surface area contributed by atoms with Crippen LogP contribution < -0.4 is 11.1 Å². The Morgan fingerprint density at radius 2 is 2.12 bits per heavy atom. The fraction of sp³-hybridized carbons (Fsp3) is 0.667. The summed E-state index contributed by atoms with van der Waals surface area (Å²) in [5.74, 6) is -0.0924. The number of hydrogen-bond donors (Lipinski definition) is 2. The second-order valence-electron chi connectivity index (χ2n) is 3.65. The van der Waals surface area contributed by atoms with Crippen molar-refractivity contribution in [1.82, 2.24) is 10.2 Å². The minimum atomic E-state index is -0.627. The number of thioether (sulfide) groups is 1. The van der Waals surface area contributed by atoms with Gasteiger partial charge in [0.05, 0.1) is 5.88 Å². The molecular weight excluding hydrogens is 230 g/mol. The molecule has 0 saturated carbocycles. The van der Waals surface area contributed by atoms with Crippen molar-refractivity contribution in [2.45, 2.75) is 25.9 Å². The quantitative estimate of drug-likeness (QED) is 0.660. The van der Waals surface area contributed by atoms with Crippen LogP contribution >= 0.6 is 11.8 Å². The lowest BCUT2D eigenvalue weighted by molar-refractivity contribution is -0.139. The normalized spacial score (nSPS) is 21.6. The van der Waals surface area contributed by atoms with Crippen LogP contribution in [0.15, 0.2) is 0 Å². The highest BCUT2D eigenvalue weighted by Crippen LogP contribution is 2.21. The SMILES string of the molecule is CC(=O)N[C@@H](C)C(=O)N1CSC[C@@H]1C(N)=O. The Bertz CT molecular complexity index is 321. The number of rotatable bonds is 3. The van der Waals surface area contributed by atoms with E-state index in [1.54, 1.807) is 6.92 Å². The molecule has 1 aliphatic rings. The number of carbonyl (C=O) groups excluding carboxylic acids is 3. The van der Waals surface area contributed by atoms with Gasteiger partial charge in [-0.3, -0.25) is 14.4 Å². The molecule has 2 atom stereocenters. The molecule has 0 aromatic heterocycles. The van der Waals surface area contributed by atoms with E-state index in [0.29, 0.717) is 11.6 Å². The summed E-state index contributed by atoms with van der Waals surface area (Å²) >= 11 is 1.47. The number of nitrogens with one attached hydrogen (secondary N) is 1. The van der Waals surface area contributed by atoms with Gasteiger partial charge in [0.2, 0.25) is 17.7 Å². The predicted molar refractivity (Wildman–Crippen MR) is 60.4 cm³/mol. The predicted octanol–water partition coefficient (Wildman–Crippen LogP) is -1.10. The molecule has 7 heteroatoms. The summed E-state index contributed by atoms with van der Waals surface area (Å²) in [4.78, 5) is 35.2. The van der Waals surface area contributed by atoms with E-state index in [4.69, 9.17) is 5.73 Å². The molecular formula is C9H15N3O3S. The molecule has 0 unspecified atom stereocenters. The van der Waals surface area contributed by atoms with Gasteiger partial charge in [-0.25, -0.2) is 0 Å². The van der Waals surface area contributed by atoms with E-state index in [1.165, 1.54) is 23.6 Å². The molecule has 1 heterocycles. The van der Waals surface area contributed by atoms with E-state index >= 15 is 0 Å². The van der Waals surface area contributed by atoms with E-state index in [9.17, 15) is 14.4 Å². The lowest BCUT2D eigenvalue weighted by atomic mass is 10.2. The molecule has 3 N–H and O–H groups in total. The highest BCUT2D eigenvalue weighted by molar-refractivity contribution is 7.99. The number of hydrogen-bond acceptors (Lipinski definition) is 4. The first kappa shape index (κ1) is 12.8. The van der Waals surface area contributed by atoms with Gasteiger partial charge < -0.3 is 16.0 Å². The smallest absolute Gasteiger partial charge is 0.246 e. The molecule has 1 rings (SSSR count). The van der Waals surface area contributed by atoms with Gasteiger partial charge in [0.15, 0.2) is 0 Å². The van der Waals surface area contributed by atoms with Gasteiger partial charge in [-0.1, -0.05) is 0 Å². The summed E-state index contributed by atoms with van der Waals surface area (Å²) in [6.45, 7) is 2.93. The summed E-state index contributed by atoms with van der Waals surface area (Å²) in [5, 5.41) is 2.49. The second kappa shape index (κ2) is 5.20. The molecule has 1 saturated heterocycles. The lowest BCUT2D eigenvalue weighted by Crippen LogP contribution is -2.52. The Morgan fingerprint density at radius 3 is 2.62 bits per heavy atom. The Hall–Kier alpha value is -1.24. The maximum Gasteiger partial charge on any atom is 0.246 e.